The maximum atomic E-state index is 13.3. The predicted octanol–water partition coefficient (Wildman–Crippen LogP) is 3.71. The molecule has 4 atom stereocenters. The number of carbonyl (C=O) groups is 2. The molecule has 0 N–H and O–H groups in total. The minimum Gasteiger partial charge on any atom is -0.364 e. The van der Waals surface area contributed by atoms with Crippen LogP contribution in [0.1, 0.15) is 23.3 Å². The zero-order valence-corrected chi connectivity index (χ0v) is 20.5. The first-order chi connectivity index (χ1) is 14.0. The van der Waals surface area contributed by atoms with Gasteiger partial charge in [-0.25, -0.2) is 4.90 Å². The molecule has 3 aliphatic rings. The average Bonchev–Trinajstić information content (AvgIpc) is 3.30. The Morgan fingerprint density at radius 1 is 0.733 bits per heavy atom. The molecule has 3 aliphatic heterocycles. The van der Waals surface area contributed by atoms with Gasteiger partial charge in [0.2, 0.25) is 11.8 Å². The fourth-order valence-electron chi connectivity index (χ4n) is 5.41. The topological polar surface area (TPSA) is 46.6 Å². The van der Waals surface area contributed by atoms with Crippen LogP contribution in [0.4, 0.5) is 5.69 Å². The van der Waals surface area contributed by atoms with E-state index in [0.29, 0.717) is 5.69 Å². The third kappa shape index (κ3) is 2.66. The average molecular weight is 436 g/mol. The lowest BCUT2D eigenvalue weighted by atomic mass is 9.77. The molecule has 4 nitrogen and oxygen atoms in total. The quantitative estimate of drug-likeness (QED) is 0.545. The third-order valence-corrected chi connectivity index (χ3v) is 11.1. The largest absolute Gasteiger partial charge is 0.364 e. The van der Waals surface area contributed by atoms with Gasteiger partial charge in [0.15, 0.2) is 0 Å². The van der Waals surface area contributed by atoms with E-state index in [4.69, 9.17) is 4.74 Å². The van der Waals surface area contributed by atoms with Crippen molar-refractivity contribution in [2.75, 3.05) is 4.90 Å². The van der Waals surface area contributed by atoms with Gasteiger partial charge in [-0.05, 0) is 23.3 Å². The Labute approximate surface area is 180 Å². The van der Waals surface area contributed by atoms with Crippen molar-refractivity contribution in [1.82, 2.24) is 0 Å². The van der Waals surface area contributed by atoms with Crippen LogP contribution in [-0.2, 0) is 14.3 Å². The molecule has 5 rings (SSSR count). The predicted molar refractivity (Wildman–Crippen MR) is 125 cm³/mol. The molecular formula is C24H29NO3Si2. The minimum atomic E-state index is -1.57. The third-order valence-electron chi connectivity index (χ3n) is 6.81. The fourth-order valence-corrected chi connectivity index (χ4v) is 10.6. The van der Waals surface area contributed by atoms with Crippen molar-refractivity contribution in [1.29, 1.82) is 0 Å². The Hall–Kier alpha value is -2.03. The molecule has 0 radical (unpaired) electrons. The van der Waals surface area contributed by atoms with Crippen LogP contribution in [-0.4, -0.2) is 28.0 Å². The van der Waals surface area contributed by atoms with Crippen molar-refractivity contribution < 1.29 is 14.3 Å². The number of rotatable bonds is 3. The Morgan fingerprint density at radius 3 is 1.57 bits per heavy atom. The summed E-state index contributed by atoms with van der Waals surface area (Å²) >= 11 is 0. The summed E-state index contributed by atoms with van der Waals surface area (Å²) in [6, 6.07) is 14.0. The highest BCUT2D eigenvalue weighted by Gasteiger charge is 2.64. The summed E-state index contributed by atoms with van der Waals surface area (Å²) in [6.07, 6.45) is -0.600. The number of anilines is 1. The highest BCUT2D eigenvalue weighted by atomic mass is 28.3. The second-order valence-corrected chi connectivity index (χ2v) is 21.0. The number of carbonyl (C=O) groups excluding carboxylic acids is 2. The fraction of sp³-hybridized carbons (Fsp3) is 0.417. The van der Waals surface area contributed by atoms with Gasteiger partial charge in [0.1, 0.15) is 0 Å². The normalized spacial score (nSPS) is 27.6. The molecule has 30 heavy (non-hydrogen) atoms. The Morgan fingerprint density at radius 2 is 1.17 bits per heavy atom. The first kappa shape index (κ1) is 19.9. The molecule has 2 fully saturated rings. The minimum absolute atomic E-state index is 0.113. The van der Waals surface area contributed by atoms with E-state index in [9.17, 15) is 9.59 Å². The van der Waals surface area contributed by atoms with Crippen molar-refractivity contribution in [2.24, 2.45) is 11.8 Å². The van der Waals surface area contributed by atoms with Gasteiger partial charge in [-0.2, -0.15) is 0 Å². The van der Waals surface area contributed by atoms with Crippen molar-refractivity contribution in [2.45, 2.75) is 51.5 Å². The van der Waals surface area contributed by atoms with E-state index in [0.717, 1.165) is 11.1 Å². The molecular weight excluding hydrogens is 406 g/mol. The van der Waals surface area contributed by atoms with E-state index in [2.05, 4.69) is 51.4 Å². The number of benzene rings is 2. The van der Waals surface area contributed by atoms with Crippen LogP contribution >= 0.6 is 0 Å². The number of para-hydroxylation sites is 1. The molecule has 2 aromatic rings. The van der Waals surface area contributed by atoms with E-state index < -0.39 is 28.0 Å². The van der Waals surface area contributed by atoms with Crippen LogP contribution in [0.25, 0.3) is 0 Å². The maximum Gasteiger partial charge on any atom is 0.240 e. The first-order valence-electron chi connectivity index (χ1n) is 10.8. The summed E-state index contributed by atoms with van der Waals surface area (Å²) in [5, 5.41) is 2.98. The van der Waals surface area contributed by atoms with Crippen molar-refractivity contribution in [3.8, 4) is 0 Å². The Bertz CT molecular complexity index is 1000. The van der Waals surface area contributed by atoms with Crippen molar-refractivity contribution in [3.63, 3.8) is 0 Å². The number of amides is 2. The zero-order chi connectivity index (χ0) is 21.6. The van der Waals surface area contributed by atoms with E-state index in [1.807, 2.05) is 30.3 Å². The highest BCUT2D eigenvalue weighted by molar-refractivity contribution is 6.98. The molecule has 0 aromatic heterocycles. The molecule has 3 heterocycles. The number of hydrogen-bond acceptors (Lipinski definition) is 3. The second kappa shape index (κ2) is 6.25. The van der Waals surface area contributed by atoms with Gasteiger partial charge in [0, 0.05) is 0 Å². The van der Waals surface area contributed by atoms with Crippen LogP contribution in [0, 0.1) is 11.8 Å². The molecule has 2 saturated heterocycles. The molecule has 0 spiro atoms. The molecule has 2 bridgehead atoms. The summed E-state index contributed by atoms with van der Waals surface area (Å²) in [5.74, 6) is -1.03. The van der Waals surface area contributed by atoms with Gasteiger partial charge < -0.3 is 4.74 Å². The van der Waals surface area contributed by atoms with Crippen LogP contribution in [0.3, 0.4) is 0 Å². The van der Waals surface area contributed by atoms with Gasteiger partial charge >= 0.3 is 0 Å². The number of ether oxygens (including phenoxy) is 1. The summed E-state index contributed by atoms with van der Waals surface area (Å²) in [6.45, 7) is 14.3. The number of nitrogens with zero attached hydrogens (tertiary/aromatic N) is 1. The van der Waals surface area contributed by atoms with Crippen LogP contribution in [0.2, 0.25) is 39.3 Å². The van der Waals surface area contributed by atoms with Crippen molar-refractivity contribution >= 4 is 44.0 Å². The van der Waals surface area contributed by atoms with E-state index >= 15 is 0 Å². The van der Waals surface area contributed by atoms with Gasteiger partial charge in [-0.15, -0.1) is 0 Å². The summed E-state index contributed by atoms with van der Waals surface area (Å²) < 4.78 is 6.33. The Kier molecular flexibility index (Phi) is 4.15. The molecule has 0 saturated carbocycles. The Balaban J connectivity index is 1.63. The summed E-state index contributed by atoms with van der Waals surface area (Å²) in [5.41, 5.74) is 2.96. The first-order valence-corrected chi connectivity index (χ1v) is 17.8. The standard InChI is InChI=1S/C24H29NO3Si2/c1-29(2,3)17-12-15-16(13-18(17)30(4,5)6)22-20-19(21(15)28-22)23(26)25(24(20)27)14-10-8-7-9-11-14/h7-13,19-22H,1-6H3/t19-,20+,21+,22-. The van der Waals surface area contributed by atoms with Crippen molar-refractivity contribution in [3.05, 3.63) is 53.6 Å². The molecule has 0 aliphatic carbocycles. The number of hydrogen-bond donors (Lipinski definition) is 0. The van der Waals surface area contributed by atoms with E-state index in [1.54, 1.807) is 0 Å². The zero-order valence-electron chi connectivity index (χ0n) is 18.5. The molecule has 2 amide bonds. The lowest BCUT2D eigenvalue weighted by molar-refractivity contribution is -0.125. The van der Waals surface area contributed by atoms with Crippen LogP contribution in [0.15, 0.2) is 42.5 Å². The van der Waals surface area contributed by atoms with Gasteiger partial charge in [-0.1, -0.05) is 80.0 Å². The lowest BCUT2D eigenvalue weighted by Crippen LogP contribution is -2.56. The maximum absolute atomic E-state index is 13.3. The smallest absolute Gasteiger partial charge is 0.240 e. The van der Waals surface area contributed by atoms with E-state index in [-0.39, 0.29) is 24.0 Å². The summed E-state index contributed by atoms with van der Waals surface area (Å²) in [7, 11) is -3.14. The molecule has 156 valence electrons. The van der Waals surface area contributed by atoms with Gasteiger partial charge in [0.25, 0.3) is 0 Å². The molecule has 6 heteroatoms. The monoisotopic (exact) mass is 435 g/mol. The second-order valence-electron chi connectivity index (χ2n) is 10.9. The van der Waals surface area contributed by atoms with Gasteiger partial charge in [-0.3, -0.25) is 9.59 Å². The molecule has 0 unspecified atom stereocenters. The molecule has 2 aromatic carbocycles. The highest BCUT2D eigenvalue weighted by Crippen LogP contribution is 2.60. The van der Waals surface area contributed by atoms with Gasteiger partial charge in [0.05, 0.1) is 45.9 Å². The lowest BCUT2D eigenvalue weighted by Gasteiger charge is -2.31. The number of imide groups is 1. The van der Waals surface area contributed by atoms with E-state index in [1.165, 1.54) is 15.3 Å². The number of fused-ring (bicyclic) bond motifs is 8. The SMILES string of the molecule is C[Si](C)(C)c1cc2c(cc1[Si](C)(C)C)[C@@H]1O[C@H]2[C@H]2C(=O)N(c3ccccc3)C(=O)[C@H]21. The van der Waals surface area contributed by atoms with Crippen LogP contribution < -0.4 is 15.3 Å². The summed E-state index contributed by atoms with van der Waals surface area (Å²) in [4.78, 5) is 28.1. The van der Waals surface area contributed by atoms with Crippen LogP contribution in [0.5, 0.6) is 0 Å².